The number of carbonyl (C=O) groups is 1. The smallest absolute Gasteiger partial charge is 0.265 e. The van der Waals surface area contributed by atoms with Gasteiger partial charge in [-0.25, -0.2) is 15.8 Å². The van der Waals surface area contributed by atoms with Crippen molar-refractivity contribution in [3.63, 3.8) is 0 Å². The molecule has 0 aliphatic carbocycles. The number of hydrogen-bond acceptors (Lipinski definition) is 5. The van der Waals surface area contributed by atoms with Crippen LogP contribution in [0.5, 0.6) is 0 Å². The fourth-order valence-corrected chi connectivity index (χ4v) is 2.25. The molecule has 3 N–H and O–H groups in total. The summed E-state index contributed by atoms with van der Waals surface area (Å²) in [6, 6.07) is 9.08. The molecule has 1 aromatic heterocycles. The molecule has 2 rings (SSSR count). The Morgan fingerprint density at radius 1 is 1.22 bits per heavy atom. The molecule has 0 radical (unpaired) electrons. The predicted octanol–water partition coefficient (Wildman–Crippen LogP) is 1.37. The summed E-state index contributed by atoms with van der Waals surface area (Å²) in [5.74, 6) is 5.48. The quantitative estimate of drug-likeness (QED) is 0.285. The molecule has 0 spiro atoms. The molecule has 6 heteroatoms. The maximum atomic E-state index is 11.6. The molecule has 1 amide bonds. The van der Waals surface area contributed by atoms with Crippen LogP contribution in [0.25, 0.3) is 0 Å². The standard InChI is InChI=1S/C12H12N4OS/c13-16-11(17)10-5-2-1-4-9(10)8-18-12-14-6-3-7-15-12/h1-7H,8,13H2,(H,16,17). The molecular weight excluding hydrogens is 248 g/mol. The summed E-state index contributed by atoms with van der Waals surface area (Å²) >= 11 is 1.47. The van der Waals surface area contributed by atoms with Crippen LogP contribution in [0.15, 0.2) is 47.9 Å². The first kappa shape index (κ1) is 12.5. The van der Waals surface area contributed by atoms with Crippen molar-refractivity contribution in [1.82, 2.24) is 15.4 Å². The van der Waals surface area contributed by atoms with E-state index in [1.165, 1.54) is 11.8 Å². The average Bonchev–Trinajstić information content (AvgIpc) is 2.45. The Balaban J connectivity index is 2.12. The van der Waals surface area contributed by atoms with Gasteiger partial charge in [-0.05, 0) is 17.7 Å². The number of rotatable bonds is 4. The summed E-state index contributed by atoms with van der Waals surface area (Å²) in [6.07, 6.45) is 3.38. The Morgan fingerprint density at radius 2 is 1.94 bits per heavy atom. The van der Waals surface area contributed by atoms with Gasteiger partial charge in [0.25, 0.3) is 5.91 Å². The lowest BCUT2D eigenvalue weighted by Crippen LogP contribution is -2.30. The van der Waals surface area contributed by atoms with Crippen LogP contribution in [-0.2, 0) is 5.75 Å². The number of benzene rings is 1. The second-order valence-corrected chi connectivity index (χ2v) is 4.39. The van der Waals surface area contributed by atoms with Gasteiger partial charge >= 0.3 is 0 Å². The highest BCUT2D eigenvalue weighted by molar-refractivity contribution is 7.98. The van der Waals surface area contributed by atoms with Crippen molar-refractivity contribution in [3.8, 4) is 0 Å². The molecule has 1 aromatic carbocycles. The first-order valence-corrected chi connectivity index (χ1v) is 6.28. The van der Waals surface area contributed by atoms with E-state index in [2.05, 4.69) is 15.4 Å². The Bertz CT molecular complexity index is 533. The highest BCUT2D eigenvalue weighted by Crippen LogP contribution is 2.20. The van der Waals surface area contributed by atoms with Crippen molar-refractivity contribution < 1.29 is 4.79 Å². The molecule has 0 saturated heterocycles. The first-order chi connectivity index (χ1) is 8.81. The van der Waals surface area contributed by atoms with E-state index in [9.17, 15) is 4.79 Å². The number of nitrogens with zero attached hydrogens (tertiary/aromatic N) is 2. The number of hydrazine groups is 1. The van der Waals surface area contributed by atoms with Crippen LogP contribution in [-0.4, -0.2) is 15.9 Å². The number of nitrogens with two attached hydrogens (primary N) is 1. The molecule has 0 saturated carbocycles. The largest absolute Gasteiger partial charge is 0.290 e. The molecule has 0 bridgehead atoms. The van der Waals surface area contributed by atoms with Crippen LogP contribution in [0.3, 0.4) is 0 Å². The molecule has 0 unspecified atom stereocenters. The molecule has 18 heavy (non-hydrogen) atoms. The fraction of sp³-hybridized carbons (Fsp3) is 0.0833. The monoisotopic (exact) mass is 260 g/mol. The molecule has 0 aliphatic rings. The molecule has 1 heterocycles. The van der Waals surface area contributed by atoms with Gasteiger partial charge in [0.05, 0.1) is 0 Å². The fourth-order valence-electron chi connectivity index (χ4n) is 1.45. The predicted molar refractivity (Wildman–Crippen MR) is 69.7 cm³/mol. The van der Waals surface area contributed by atoms with Crippen molar-refractivity contribution >= 4 is 17.7 Å². The van der Waals surface area contributed by atoms with Gasteiger partial charge in [-0.15, -0.1) is 0 Å². The third kappa shape index (κ3) is 3.06. The van der Waals surface area contributed by atoms with E-state index in [0.717, 1.165) is 5.56 Å². The molecule has 5 nitrogen and oxygen atoms in total. The zero-order valence-corrected chi connectivity index (χ0v) is 10.4. The van der Waals surface area contributed by atoms with Crippen LogP contribution in [0.1, 0.15) is 15.9 Å². The van der Waals surface area contributed by atoms with E-state index in [-0.39, 0.29) is 5.91 Å². The minimum atomic E-state index is -0.291. The second-order valence-electron chi connectivity index (χ2n) is 3.45. The Hall–Kier alpha value is -1.92. The molecular formula is C12H12N4OS. The van der Waals surface area contributed by atoms with Crippen molar-refractivity contribution in [3.05, 3.63) is 53.9 Å². The van der Waals surface area contributed by atoms with Crippen molar-refractivity contribution in [2.24, 2.45) is 5.84 Å². The normalized spacial score (nSPS) is 10.1. The lowest BCUT2D eigenvalue weighted by molar-refractivity contribution is 0.0953. The van der Waals surface area contributed by atoms with Gasteiger partial charge < -0.3 is 0 Å². The van der Waals surface area contributed by atoms with Gasteiger partial charge in [0.15, 0.2) is 5.16 Å². The third-order valence-electron chi connectivity index (χ3n) is 2.29. The number of aromatic nitrogens is 2. The van der Waals surface area contributed by atoms with Crippen LogP contribution < -0.4 is 11.3 Å². The summed E-state index contributed by atoms with van der Waals surface area (Å²) in [4.78, 5) is 19.8. The zero-order valence-electron chi connectivity index (χ0n) is 9.54. The average molecular weight is 260 g/mol. The Morgan fingerprint density at radius 3 is 2.67 bits per heavy atom. The van der Waals surface area contributed by atoms with Gasteiger partial charge in [0.1, 0.15) is 0 Å². The first-order valence-electron chi connectivity index (χ1n) is 5.30. The molecule has 0 fully saturated rings. The van der Waals surface area contributed by atoms with E-state index in [1.54, 1.807) is 30.6 Å². The molecule has 2 aromatic rings. The van der Waals surface area contributed by atoms with Gasteiger partial charge in [-0.1, -0.05) is 30.0 Å². The number of thioether (sulfide) groups is 1. The van der Waals surface area contributed by atoms with Gasteiger partial charge in [0.2, 0.25) is 0 Å². The Kier molecular flexibility index (Phi) is 4.27. The van der Waals surface area contributed by atoms with Gasteiger partial charge in [0, 0.05) is 23.7 Å². The van der Waals surface area contributed by atoms with E-state index >= 15 is 0 Å². The maximum absolute atomic E-state index is 11.6. The zero-order chi connectivity index (χ0) is 12.8. The minimum Gasteiger partial charge on any atom is -0.290 e. The highest BCUT2D eigenvalue weighted by Gasteiger charge is 2.09. The molecule has 92 valence electrons. The van der Waals surface area contributed by atoms with E-state index in [4.69, 9.17) is 5.84 Å². The van der Waals surface area contributed by atoms with Crippen LogP contribution >= 0.6 is 11.8 Å². The highest BCUT2D eigenvalue weighted by atomic mass is 32.2. The SMILES string of the molecule is NNC(=O)c1ccccc1CSc1ncccn1. The number of carbonyl (C=O) groups excluding carboxylic acids is 1. The number of nitrogen functional groups attached to an aromatic ring is 1. The third-order valence-corrected chi connectivity index (χ3v) is 3.22. The summed E-state index contributed by atoms with van der Waals surface area (Å²) < 4.78 is 0. The van der Waals surface area contributed by atoms with Gasteiger partial charge in [-0.3, -0.25) is 10.2 Å². The van der Waals surface area contributed by atoms with E-state index in [0.29, 0.717) is 16.5 Å². The maximum Gasteiger partial charge on any atom is 0.265 e. The summed E-state index contributed by atoms with van der Waals surface area (Å²) in [7, 11) is 0. The van der Waals surface area contributed by atoms with Crippen LogP contribution in [0.4, 0.5) is 0 Å². The van der Waals surface area contributed by atoms with Gasteiger partial charge in [-0.2, -0.15) is 0 Å². The summed E-state index contributed by atoms with van der Waals surface area (Å²) in [6.45, 7) is 0. The van der Waals surface area contributed by atoms with E-state index in [1.807, 2.05) is 12.1 Å². The number of nitrogens with one attached hydrogen (secondary N) is 1. The number of amides is 1. The van der Waals surface area contributed by atoms with Crippen molar-refractivity contribution in [2.75, 3.05) is 0 Å². The summed E-state index contributed by atoms with van der Waals surface area (Å²) in [5.41, 5.74) is 3.61. The lowest BCUT2D eigenvalue weighted by atomic mass is 10.1. The minimum absolute atomic E-state index is 0.291. The van der Waals surface area contributed by atoms with Crippen molar-refractivity contribution in [2.45, 2.75) is 10.9 Å². The lowest BCUT2D eigenvalue weighted by Gasteiger charge is -2.06. The summed E-state index contributed by atoms with van der Waals surface area (Å²) in [5, 5.41) is 0.681. The molecule has 0 atom stereocenters. The van der Waals surface area contributed by atoms with Crippen molar-refractivity contribution in [1.29, 1.82) is 0 Å². The second kappa shape index (κ2) is 6.13. The Labute approximate surface area is 109 Å². The van der Waals surface area contributed by atoms with E-state index < -0.39 is 0 Å². The van der Waals surface area contributed by atoms with Crippen LogP contribution in [0, 0.1) is 0 Å². The number of hydrogen-bond donors (Lipinski definition) is 2. The van der Waals surface area contributed by atoms with Crippen LogP contribution in [0.2, 0.25) is 0 Å². The topological polar surface area (TPSA) is 80.9 Å². The molecule has 0 aliphatic heterocycles.